The first kappa shape index (κ1) is 31.9. The molecule has 0 aliphatic carbocycles. The van der Waals surface area contributed by atoms with Gasteiger partial charge < -0.3 is 33.7 Å². The van der Waals surface area contributed by atoms with Crippen LogP contribution in [0.4, 0.5) is 24.5 Å². The van der Waals surface area contributed by atoms with Gasteiger partial charge in [0.15, 0.2) is 0 Å². The Morgan fingerprint density at radius 1 is 0.634 bits per heavy atom. The second-order valence-corrected chi connectivity index (χ2v) is 8.50. The van der Waals surface area contributed by atoms with Gasteiger partial charge in [-0.05, 0) is 42.5 Å². The molecule has 8 nitrogen and oxygen atoms in total. The van der Waals surface area contributed by atoms with Crippen LogP contribution in [0.1, 0.15) is 15.9 Å². The first-order chi connectivity index (χ1) is 19.9. The average Bonchev–Trinajstić information content (AvgIpc) is 2.97. The van der Waals surface area contributed by atoms with E-state index < -0.39 is 17.7 Å². The SMILES string of the molecule is O=C(OCCOCCOCCOCCOCCOc1ccccc1)c1ccccc1Nc1cccc(C(F)(F)F)c1. The lowest BCUT2D eigenvalue weighted by Crippen LogP contribution is -2.15. The Hall–Kier alpha value is -3.64. The molecule has 0 aliphatic heterocycles. The molecule has 0 saturated carbocycles. The zero-order valence-electron chi connectivity index (χ0n) is 22.6. The molecule has 222 valence electrons. The summed E-state index contributed by atoms with van der Waals surface area (Å²) in [5.41, 5.74) is -0.0645. The zero-order chi connectivity index (χ0) is 29.2. The molecule has 0 atom stereocenters. The van der Waals surface area contributed by atoms with Crippen LogP contribution in [0.5, 0.6) is 5.75 Å². The largest absolute Gasteiger partial charge is 0.491 e. The number of carbonyl (C=O) groups is 1. The van der Waals surface area contributed by atoms with Crippen molar-refractivity contribution in [1.82, 2.24) is 0 Å². The summed E-state index contributed by atoms with van der Waals surface area (Å²) >= 11 is 0. The van der Waals surface area contributed by atoms with E-state index in [-0.39, 0.29) is 24.5 Å². The Labute approximate surface area is 237 Å². The van der Waals surface area contributed by atoms with E-state index in [0.29, 0.717) is 58.5 Å². The van der Waals surface area contributed by atoms with Crippen molar-refractivity contribution >= 4 is 17.3 Å². The van der Waals surface area contributed by atoms with Crippen molar-refractivity contribution in [3.05, 3.63) is 90.0 Å². The molecule has 0 aromatic heterocycles. The van der Waals surface area contributed by atoms with Gasteiger partial charge in [-0.2, -0.15) is 13.2 Å². The summed E-state index contributed by atoms with van der Waals surface area (Å²) in [6, 6.07) is 20.7. The number of hydrogen-bond acceptors (Lipinski definition) is 8. The Balaban J connectivity index is 1.18. The van der Waals surface area contributed by atoms with Crippen molar-refractivity contribution in [3.63, 3.8) is 0 Å². The number of benzene rings is 3. The number of halogens is 3. The van der Waals surface area contributed by atoms with Crippen LogP contribution in [-0.2, 0) is 29.9 Å². The Bertz CT molecular complexity index is 1160. The number of esters is 1. The van der Waals surface area contributed by atoms with Crippen molar-refractivity contribution in [2.45, 2.75) is 6.18 Å². The minimum Gasteiger partial charge on any atom is -0.491 e. The second kappa shape index (κ2) is 17.9. The monoisotopic (exact) mass is 577 g/mol. The lowest BCUT2D eigenvalue weighted by molar-refractivity contribution is -0.137. The number of rotatable bonds is 19. The predicted molar refractivity (Wildman–Crippen MR) is 147 cm³/mol. The first-order valence-corrected chi connectivity index (χ1v) is 13.1. The van der Waals surface area contributed by atoms with Gasteiger partial charge in [-0.25, -0.2) is 4.79 Å². The molecule has 0 heterocycles. The third-order valence-corrected chi connectivity index (χ3v) is 5.43. The maximum Gasteiger partial charge on any atom is 0.416 e. The molecule has 0 radical (unpaired) electrons. The van der Waals surface area contributed by atoms with Crippen LogP contribution < -0.4 is 10.1 Å². The van der Waals surface area contributed by atoms with Crippen LogP contribution in [-0.4, -0.2) is 72.0 Å². The fourth-order valence-corrected chi connectivity index (χ4v) is 3.47. The number of anilines is 2. The molecule has 41 heavy (non-hydrogen) atoms. The van der Waals surface area contributed by atoms with Gasteiger partial charge in [0, 0.05) is 5.69 Å². The maximum absolute atomic E-state index is 13.0. The third kappa shape index (κ3) is 12.6. The average molecular weight is 578 g/mol. The van der Waals surface area contributed by atoms with Gasteiger partial charge in [0.1, 0.15) is 19.0 Å². The minimum absolute atomic E-state index is 0.0101. The van der Waals surface area contributed by atoms with E-state index in [1.54, 1.807) is 18.2 Å². The van der Waals surface area contributed by atoms with Gasteiger partial charge in [0.25, 0.3) is 0 Å². The molecule has 0 fully saturated rings. The molecule has 0 aliphatic rings. The summed E-state index contributed by atoms with van der Waals surface area (Å²) in [7, 11) is 0. The van der Waals surface area contributed by atoms with Crippen molar-refractivity contribution in [3.8, 4) is 5.75 Å². The molecular weight excluding hydrogens is 543 g/mol. The number of nitrogens with one attached hydrogen (secondary N) is 1. The highest BCUT2D eigenvalue weighted by molar-refractivity contribution is 5.96. The van der Waals surface area contributed by atoms with Gasteiger partial charge in [0.2, 0.25) is 0 Å². The van der Waals surface area contributed by atoms with Gasteiger partial charge >= 0.3 is 12.1 Å². The summed E-state index contributed by atoms with van der Waals surface area (Å²) in [5, 5.41) is 2.85. The lowest BCUT2D eigenvalue weighted by Gasteiger charge is -2.13. The molecule has 0 spiro atoms. The van der Waals surface area contributed by atoms with Crippen LogP contribution in [0.25, 0.3) is 0 Å². The summed E-state index contributed by atoms with van der Waals surface area (Å²) in [6.45, 7) is 3.55. The number of alkyl halides is 3. The van der Waals surface area contributed by atoms with Crippen LogP contribution in [0.15, 0.2) is 78.9 Å². The van der Waals surface area contributed by atoms with Gasteiger partial charge in [-0.1, -0.05) is 36.4 Å². The molecule has 11 heteroatoms. The molecule has 3 aromatic rings. The summed E-state index contributed by atoms with van der Waals surface area (Å²) < 4.78 is 71.5. The first-order valence-electron chi connectivity index (χ1n) is 13.1. The number of para-hydroxylation sites is 2. The van der Waals surface area contributed by atoms with Crippen LogP contribution in [0.3, 0.4) is 0 Å². The Morgan fingerprint density at radius 3 is 1.83 bits per heavy atom. The maximum atomic E-state index is 13.0. The van der Waals surface area contributed by atoms with Crippen molar-refractivity contribution in [2.75, 3.05) is 71.4 Å². The highest BCUT2D eigenvalue weighted by atomic mass is 19.4. The van der Waals surface area contributed by atoms with Crippen LogP contribution in [0, 0.1) is 0 Å². The minimum atomic E-state index is -4.47. The predicted octanol–water partition coefficient (Wildman–Crippen LogP) is 5.75. The molecule has 3 rings (SSSR count). The molecule has 1 N–H and O–H groups in total. The number of hydrogen-bond donors (Lipinski definition) is 1. The van der Waals surface area contributed by atoms with Crippen LogP contribution in [0.2, 0.25) is 0 Å². The fourth-order valence-electron chi connectivity index (χ4n) is 3.47. The number of carbonyl (C=O) groups excluding carboxylic acids is 1. The summed E-state index contributed by atoms with van der Waals surface area (Å²) in [5.74, 6) is 0.188. The Kier molecular flexibility index (Phi) is 13.9. The van der Waals surface area contributed by atoms with Gasteiger partial charge in [-0.15, -0.1) is 0 Å². The van der Waals surface area contributed by atoms with Crippen molar-refractivity contribution < 1.29 is 46.4 Å². The fraction of sp³-hybridized carbons (Fsp3) is 0.367. The van der Waals surface area contributed by atoms with E-state index in [9.17, 15) is 18.0 Å². The third-order valence-electron chi connectivity index (χ3n) is 5.43. The highest BCUT2D eigenvalue weighted by Gasteiger charge is 2.30. The Morgan fingerprint density at radius 2 is 1.20 bits per heavy atom. The second-order valence-electron chi connectivity index (χ2n) is 8.50. The molecule has 0 amide bonds. The van der Waals surface area contributed by atoms with Crippen LogP contribution >= 0.6 is 0 Å². The van der Waals surface area contributed by atoms with E-state index in [1.807, 2.05) is 30.3 Å². The summed E-state index contributed by atoms with van der Waals surface area (Å²) in [6.07, 6.45) is -4.47. The van der Waals surface area contributed by atoms with Gasteiger partial charge in [0.05, 0.1) is 69.7 Å². The highest BCUT2D eigenvalue weighted by Crippen LogP contribution is 2.32. The number of ether oxygens (including phenoxy) is 6. The lowest BCUT2D eigenvalue weighted by atomic mass is 10.1. The quantitative estimate of drug-likeness (QED) is 0.142. The van der Waals surface area contributed by atoms with E-state index in [0.717, 1.165) is 17.9 Å². The van der Waals surface area contributed by atoms with Gasteiger partial charge in [-0.3, -0.25) is 0 Å². The molecule has 0 bridgehead atoms. The van der Waals surface area contributed by atoms with Crippen molar-refractivity contribution in [2.24, 2.45) is 0 Å². The smallest absolute Gasteiger partial charge is 0.416 e. The topological polar surface area (TPSA) is 84.5 Å². The normalized spacial score (nSPS) is 11.3. The summed E-state index contributed by atoms with van der Waals surface area (Å²) in [4.78, 5) is 12.5. The van der Waals surface area contributed by atoms with E-state index >= 15 is 0 Å². The van der Waals surface area contributed by atoms with E-state index in [4.69, 9.17) is 28.4 Å². The molecule has 0 saturated heterocycles. The standard InChI is InChI=1S/C30H34F3NO7/c31-30(32,33)24-7-6-8-25(23-24)34-28-12-5-4-11-27(28)29(35)41-22-20-39-18-16-37-14-13-36-15-17-38-19-21-40-26-9-2-1-3-10-26/h1-12,23,34H,13-22H2. The van der Waals surface area contributed by atoms with E-state index in [2.05, 4.69) is 5.32 Å². The zero-order valence-corrected chi connectivity index (χ0v) is 22.6. The van der Waals surface area contributed by atoms with Crippen molar-refractivity contribution in [1.29, 1.82) is 0 Å². The molecular formula is C30H34F3NO7. The molecule has 0 unspecified atom stereocenters. The molecule has 3 aromatic carbocycles. The van der Waals surface area contributed by atoms with E-state index in [1.165, 1.54) is 18.2 Å².